The van der Waals surface area contributed by atoms with Gasteiger partial charge in [-0.1, -0.05) is 6.07 Å². The molecule has 2 N–H and O–H groups in total. The van der Waals surface area contributed by atoms with Crippen LogP contribution in [0.3, 0.4) is 0 Å². The second kappa shape index (κ2) is 7.93. The lowest BCUT2D eigenvalue weighted by atomic mass is 9.97. The minimum absolute atomic E-state index is 0.0685. The number of aromatic nitrogens is 1. The normalized spacial score (nSPS) is 15.3. The number of carbonyl (C=O) groups is 1. The van der Waals surface area contributed by atoms with Crippen molar-refractivity contribution in [3.63, 3.8) is 0 Å². The van der Waals surface area contributed by atoms with E-state index in [1.165, 1.54) is 0 Å². The second-order valence-corrected chi connectivity index (χ2v) is 6.21. The molecule has 0 atom stereocenters. The van der Waals surface area contributed by atoms with Crippen LogP contribution in [0.5, 0.6) is 0 Å². The van der Waals surface area contributed by atoms with Crippen LogP contribution >= 0.6 is 0 Å². The Bertz CT molecular complexity index is 667. The molecule has 5 heteroatoms. The van der Waals surface area contributed by atoms with Gasteiger partial charge in [0.25, 0.3) is 5.91 Å². The maximum absolute atomic E-state index is 12.6. The lowest BCUT2D eigenvalue weighted by Gasteiger charge is -2.31. The third kappa shape index (κ3) is 4.11. The number of aliphatic hydroxyl groups excluding tert-OH is 1. The van der Waals surface area contributed by atoms with Crippen molar-refractivity contribution in [3.8, 4) is 0 Å². The van der Waals surface area contributed by atoms with Crippen LogP contribution in [0.4, 0.5) is 5.69 Å². The first-order valence-corrected chi connectivity index (χ1v) is 8.39. The van der Waals surface area contributed by atoms with Crippen LogP contribution in [0.15, 0.2) is 48.8 Å². The molecule has 5 nitrogen and oxygen atoms in total. The number of carbonyl (C=O) groups excluding carboxylic acids is 1. The van der Waals surface area contributed by atoms with Gasteiger partial charge in [-0.15, -0.1) is 0 Å². The summed E-state index contributed by atoms with van der Waals surface area (Å²) in [5.74, 6) is 0.404. The summed E-state index contributed by atoms with van der Waals surface area (Å²) in [6.45, 7) is 2.36. The van der Waals surface area contributed by atoms with Gasteiger partial charge < -0.3 is 15.3 Å². The maximum Gasteiger partial charge on any atom is 0.253 e. The van der Waals surface area contributed by atoms with Crippen molar-refractivity contribution in [2.75, 3.05) is 25.0 Å². The Labute approximate surface area is 142 Å². The molecule has 1 amide bonds. The summed E-state index contributed by atoms with van der Waals surface area (Å²) in [7, 11) is 0. The maximum atomic E-state index is 12.6. The molecule has 0 bridgehead atoms. The van der Waals surface area contributed by atoms with E-state index in [0.717, 1.165) is 37.2 Å². The first-order chi connectivity index (χ1) is 11.8. The average Bonchev–Trinajstić information content (AvgIpc) is 2.67. The van der Waals surface area contributed by atoms with Gasteiger partial charge in [-0.2, -0.15) is 0 Å². The Morgan fingerprint density at radius 3 is 2.67 bits per heavy atom. The number of amides is 1. The summed E-state index contributed by atoms with van der Waals surface area (Å²) < 4.78 is 0. The molecule has 1 aromatic carbocycles. The number of likely N-dealkylation sites (tertiary alicyclic amines) is 1. The average molecular weight is 325 g/mol. The van der Waals surface area contributed by atoms with Crippen LogP contribution in [0.25, 0.3) is 0 Å². The van der Waals surface area contributed by atoms with E-state index in [9.17, 15) is 9.90 Å². The molecule has 1 aromatic heterocycles. The van der Waals surface area contributed by atoms with Crippen molar-refractivity contribution in [1.29, 1.82) is 0 Å². The summed E-state index contributed by atoms with van der Waals surface area (Å²) in [5.41, 5.74) is 2.79. The Balaban J connectivity index is 1.61. The highest BCUT2D eigenvalue weighted by Gasteiger charge is 2.23. The fourth-order valence-corrected chi connectivity index (χ4v) is 2.97. The number of hydrogen-bond donors (Lipinski definition) is 2. The molecule has 0 radical (unpaired) electrons. The van der Waals surface area contributed by atoms with E-state index in [4.69, 9.17) is 0 Å². The molecule has 0 unspecified atom stereocenters. The van der Waals surface area contributed by atoms with E-state index in [-0.39, 0.29) is 12.5 Å². The van der Waals surface area contributed by atoms with Crippen molar-refractivity contribution < 1.29 is 9.90 Å². The number of nitrogens with one attached hydrogen (secondary N) is 1. The predicted molar refractivity (Wildman–Crippen MR) is 93.7 cm³/mol. The van der Waals surface area contributed by atoms with Gasteiger partial charge in [-0.05, 0) is 54.7 Å². The lowest BCUT2D eigenvalue weighted by Crippen LogP contribution is -2.39. The van der Waals surface area contributed by atoms with Crippen LogP contribution in [-0.2, 0) is 6.54 Å². The predicted octanol–water partition coefficient (Wildman–Crippen LogP) is 2.54. The second-order valence-electron chi connectivity index (χ2n) is 6.21. The third-order valence-corrected chi connectivity index (χ3v) is 4.52. The van der Waals surface area contributed by atoms with E-state index in [2.05, 4.69) is 10.3 Å². The highest BCUT2D eigenvalue weighted by atomic mass is 16.3. The number of piperidine rings is 1. The van der Waals surface area contributed by atoms with E-state index < -0.39 is 0 Å². The first kappa shape index (κ1) is 16.5. The van der Waals surface area contributed by atoms with Crippen LogP contribution in [0.2, 0.25) is 0 Å². The summed E-state index contributed by atoms with van der Waals surface area (Å²) in [6.07, 6.45) is 5.30. The monoisotopic (exact) mass is 325 g/mol. The lowest BCUT2D eigenvalue weighted by molar-refractivity contribution is 0.0651. The standard InChI is InChI=1S/C19H23N3O2/c23-14-16-6-10-22(11-7-16)19(24)17-2-1-3-18(12-17)21-13-15-4-8-20-9-5-15/h1-5,8-9,12,16,21,23H,6-7,10-11,13-14H2. The molecule has 1 saturated heterocycles. The Morgan fingerprint density at radius 1 is 1.21 bits per heavy atom. The smallest absolute Gasteiger partial charge is 0.253 e. The number of nitrogens with zero attached hydrogens (tertiary/aromatic N) is 2. The molecule has 24 heavy (non-hydrogen) atoms. The molecular formula is C19H23N3O2. The molecule has 1 fully saturated rings. The number of anilines is 1. The molecule has 126 valence electrons. The molecule has 2 heterocycles. The van der Waals surface area contributed by atoms with Gasteiger partial charge in [0, 0.05) is 49.9 Å². The zero-order chi connectivity index (χ0) is 16.8. The van der Waals surface area contributed by atoms with Crippen LogP contribution in [0, 0.1) is 5.92 Å². The van der Waals surface area contributed by atoms with E-state index >= 15 is 0 Å². The van der Waals surface area contributed by atoms with E-state index in [0.29, 0.717) is 18.0 Å². The first-order valence-electron chi connectivity index (χ1n) is 8.39. The highest BCUT2D eigenvalue weighted by molar-refractivity contribution is 5.95. The molecule has 0 saturated carbocycles. The van der Waals surface area contributed by atoms with Gasteiger partial charge in [0.05, 0.1) is 0 Å². The Morgan fingerprint density at radius 2 is 1.96 bits per heavy atom. The van der Waals surface area contributed by atoms with Crippen molar-refractivity contribution in [2.24, 2.45) is 5.92 Å². The van der Waals surface area contributed by atoms with Gasteiger partial charge >= 0.3 is 0 Å². The minimum atomic E-state index is 0.0685. The van der Waals surface area contributed by atoms with Crippen molar-refractivity contribution >= 4 is 11.6 Å². The molecule has 0 spiro atoms. The van der Waals surface area contributed by atoms with Crippen LogP contribution in [0.1, 0.15) is 28.8 Å². The number of benzene rings is 1. The topological polar surface area (TPSA) is 65.5 Å². The quantitative estimate of drug-likeness (QED) is 0.887. The Kier molecular flexibility index (Phi) is 5.43. The summed E-state index contributed by atoms with van der Waals surface area (Å²) in [5, 5.41) is 12.6. The number of pyridine rings is 1. The molecule has 1 aliphatic heterocycles. The van der Waals surface area contributed by atoms with E-state index in [1.807, 2.05) is 41.3 Å². The van der Waals surface area contributed by atoms with Crippen LogP contribution < -0.4 is 5.32 Å². The number of aliphatic hydroxyl groups is 1. The summed E-state index contributed by atoms with van der Waals surface area (Å²) in [6, 6.07) is 11.6. The molecular weight excluding hydrogens is 302 g/mol. The van der Waals surface area contributed by atoms with Crippen molar-refractivity contribution in [3.05, 3.63) is 59.9 Å². The molecule has 3 rings (SSSR count). The van der Waals surface area contributed by atoms with Crippen LogP contribution in [-0.4, -0.2) is 40.6 Å². The van der Waals surface area contributed by atoms with Gasteiger partial charge in [-0.25, -0.2) is 0 Å². The summed E-state index contributed by atoms with van der Waals surface area (Å²) >= 11 is 0. The number of rotatable bonds is 5. The molecule has 2 aromatic rings. The van der Waals surface area contributed by atoms with E-state index in [1.54, 1.807) is 12.4 Å². The largest absolute Gasteiger partial charge is 0.396 e. The third-order valence-electron chi connectivity index (χ3n) is 4.52. The van der Waals surface area contributed by atoms with Gasteiger partial charge in [0.2, 0.25) is 0 Å². The van der Waals surface area contributed by atoms with Crippen molar-refractivity contribution in [2.45, 2.75) is 19.4 Å². The minimum Gasteiger partial charge on any atom is -0.396 e. The van der Waals surface area contributed by atoms with Gasteiger partial charge in [0.15, 0.2) is 0 Å². The summed E-state index contributed by atoms with van der Waals surface area (Å²) in [4.78, 5) is 18.5. The SMILES string of the molecule is O=C(c1cccc(NCc2ccncc2)c1)N1CCC(CO)CC1. The van der Waals surface area contributed by atoms with Gasteiger partial charge in [-0.3, -0.25) is 9.78 Å². The van der Waals surface area contributed by atoms with Crippen molar-refractivity contribution in [1.82, 2.24) is 9.88 Å². The highest BCUT2D eigenvalue weighted by Crippen LogP contribution is 2.20. The fourth-order valence-electron chi connectivity index (χ4n) is 2.97. The molecule has 0 aliphatic carbocycles. The zero-order valence-electron chi connectivity index (χ0n) is 13.7. The van der Waals surface area contributed by atoms with Gasteiger partial charge in [0.1, 0.15) is 0 Å². The Hall–Kier alpha value is -2.40. The molecule has 1 aliphatic rings. The fraction of sp³-hybridized carbons (Fsp3) is 0.368. The zero-order valence-corrected chi connectivity index (χ0v) is 13.7. The number of hydrogen-bond acceptors (Lipinski definition) is 4.